The van der Waals surface area contributed by atoms with Crippen LogP contribution in [0.15, 0.2) is 12.7 Å². The van der Waals surface area contributed by atoms with Gasteiger partial charge in [0.1, 0.15) is 0 Å². The lowest BCUT2D eigenvalue weighted by atomic mass is 9.98. The molecule has 0 spiro atoms. The van der Waals surface area contributed by atoms with E-state index in [0.717, 1.165) is 12.8 Å². The number of carbonyl (C=O) groups excluding carboxylic acids is 1. The molecule has 3 nitrogen and oxygen atoms in total. The number of nitrogens with zero attached hydrogens (tertiary/aromatic N) is 1. The van der Waals surface area contributed by atoms with Gasteiger partial charge in [0, 0.05) is 25.2 Å². The van der Waals surface area contributed by atoms with Crippen LogP contribution < -0.4 is 5.32 Å². The third-order valence-corrected chi connectivity index (χ3v) is 3.52. The second kappa shape index (κ2) is 3.73. The number of amides is 1. The zero-order valence-corrected chi connectivity index (χ0v) is 8.70. The molecule has 3 heteroatoms. The van der Waals surface area contributed by atoms with Gasteiger partial charge in [-0.3, -0.25) is 4.79 Å². The summed E-state index contributed by atoms with van der Waals surface area (Å²) in [5.41, 5.74) is 0. The van der Waals surface area contributed by atoms with E-state index in [4.69, 9.17) is 0 Å². The van der Waals surface area contributed by atoms with Crippen LogP contribution in [0.4, 0.5) is 0 Å². The Hall–Kier alpha value is -0.830. The summed E-state index contributed by atoms with van der Waals surface area (Å²) in [5.74, 6) is 0.0521. The molecule has 2 rings (SSSR count). The van der Waals surface area contributed by atoms with E-state index in [9.17, 15) is 4.79 Å². The molecule has 14 heavy (non-hydrogen) atoms. The zero-order chi connectivity index (χ0) is 10.1. The average molecular weight is 194 g/mol. The summed E-state index contributed by atoms with van der Waals surface area (Å²) in [6, 6.07) is 1.69. The summed E-state index contributed by atoms with van der Waals surface area (Å²) in [7, 11) is 1.89. The highest BCUT2D eigenvalue weighted by atomic mass is 16.2. The van der Waals surface area contributed by atoms with Crippen molar-refractivity contribution in [3.05, 3.63) is 12.7 Å². The van der Waals surface area contributed by atoms with E-state index in [1.165, 1.54) is 18.9 Å². The molecule has 1 N–H and O–H groups in total. The fourth-order valence-corrected chi connectivity index (χ4v) is 2.67. The summed E-state index contributed by atoms with van der Waals surface area (Å²) < 4.78 is 0. The fourth-order valence-electron chi connectivity index (χ4n) is 2.67. The minimum Gasteiger partial charge on any atom is -0.339 e. The maximum absolute atomic E-state index is 11.4. The summed E-state index contributed by atoms with van der Waals surface area (Å²) >= 11 is 0. The molecule has 0 aromatic carbocycles. The normalized spacial score (nSPS) is 35.4. The number of nitrogens with one attached hydrogen (secondary N) is 1. The molecule has 0 radical (unpaired) electrons. The monoisotopic (exact) mass is 194 g/mol. The molecule has 2 fully saturated rings. The molecule has 0 aromatic heterocycles. The minimum absolute atomic E-state index is 0.0521. The van der Waals surface area contributed by atoms with Crippen molar-refractivity contribution in [2.24, 2.45) is 0 Å². The highest BCUT2D eigenvalue weighted by Gasteiger charge is 2.35. The molecule has 0 aliphatic carbocycles. The predicted octanol–water partition coefficient (Wildman–Crippen LogP) is 0.914. The Bertz CT molecular complexity index is 240. The van der Waals surface area contributed by atoms with Crippen molar-refractivity contribution in [3.63, 3.8) is 0 Å². The molecule has 0 saturated carbocycles. The lowest BCUT2D eigenvalue weighted by Crippen LogP contribution is -2.48. The molecule has 2 unspecified atom stereocenters. The van der Waals surface area contributed by atoms with Crippen molar-refractivity contribution in [3.8, 4) is 0 Å². The van der Waals surface area contributed by atoms with Crippen molar-refractivity contribution in [1.29, 1.82) is 0 Å². The second-order valence-electron chi connectivity index (χ2n) is 4.42. The van der Waals surface area contributed by atoms with E-state index in [-0.39, 0.29) is 5.91 Å². The molecular formula is C11H18N2O. The van der Waals surface area contributed by atoms with E-state index in [0.29, 0.717) is 18.1 Å². The first kappa shape index (κ1) is 9.71. The van der Waals surface area contributed by atoms with Gasteiger partial charge < -0.3 is 10.2 Å². The van der Waals surface area contributed by atoms with E-state index < -0.39 is 0 Å². The second-order valence-corrected chi connectivity index (χ2v) is 4.42. The summed E-state index contributed by atoms with van der Waals surface area (Å²) in [6.45, 7) is 3.52. The van der Waals surface area contributed by atoms with Crippen molar-refractivity contribution >= 4 is 5.91 Å². The molecule has 2 aliphatic rings. The average Bonchev–Trinajstić information content (AvgIpc) is 2.55. The van der Waals surface area contributed by atoms with Gasteiger partial charge in [-0.1, -0.05) is 6.58 Å². The Morgan fingerprint density at radius 3 is 2.50 bits per heavy atom. The molecule has 0 aromatic rings. The molecule has 2 aliphatic heterocycles. The third kappa shape index (κ3) is 1.69. The predicted molar refractivity (Wildman–Crippen MR) is 55.9 cm³/mol. The van der Waals surface area contributed by atoms with Gasteiger partial charge in [0.05, 0.1) is 0 Å². The van der Waals surface area contributed by atoms with Crippen LogP contribution in [0.1, 0.15) is 25.7 Å². The van der Waals surface area contributed by atoms with Crippen molar-refractivity contribution < 1.29 is 4.79 Å². The zero-order valence-electron chi connectivity index (χ0n) is 8.70. The van der Waals surface area contributed by atoms with Gasteiger partial charge in [-0.2, -0.15) is 0 Å². The number of likely N-dealkylation sites (N-methyl/N-ethyl adjacent to an activating group) is 1. The summed E-state index contributed by atoms with van der Waals surface area (Å²) in [4.78, 5) is 13.3. The van der Waals surface area contributed by atoms with Crippen molar-refractivity contribution in [2.45, 2.75) is 43.8 Å². The Balaban J connectivity index is 1.98. The summed E-state index contributed by atoms with van der Waals surface area (Å²) in [5, 5.41) is 3.57. The van der Waals surface area contributed by atoms with Crippen LogP contribution in [0.5, 0.6) is 0 Å². The smallest absolute Gasteiger partial charge is 0.245 e. The highest BCUT2D eigenvalue weighted by molar-refractivity contribution is 5.87. The van der Waals surface area contributed by atoms with E-state index in [1.54, 1.807) is 0 Å². The molecule has 2 heterocycles. The summed E-state index contributed by atoms with van der Waals surface area (Å²) in [6.07, 6.45) is 6.16. The first-order valence-corrected chi connectivity index (χ1v) is 5.36. The Labute approximate surface area is 85.2 Å². The Kier molecular flexibility index (Phi) is 2.59. The van der Waals surface area contributed by atoms with E-state index >= 15 is 0 Å². The molecule has 1 amide bonds. The van der Waals surface area contributed by atoms with Crippen LogP contribution in [0, 0.1) is 0 Å². The third-order valence-electron chi connectivity index (χ3n) is 3.52. The van der Waals surface area contributed by atoms with Crippen LogP contribution in [-0.2, 0) is 4.79 Å². The van der Waals surface area contributed by atoms with Gasteiger partial charge in [0.25, 0.3) is 0 Å². The first-order chi connectivity index (χ1) is 6.70. The minimum atomic E-state index is 0.0521. The molecule has 2 saturated heterocycles. The number of rotatable bonds is 2. The topological polar surface area (TPSA) is 32.3 Å². The van der Waals surface area contributed by atoms with Gasteiger partial charge >= 0.3 is 0 Å². The Morgan fingerprint density at radius 2 is 2.00 bits per heavy atom. The SMILES string of the molecule is C=CC(=O)N(C)C1CC2CCC(C1)N2. The van der Waals surface area contributed by atoms with Gasteiger partial charge in [-0.05, 0) is 31.8 Å². The highest BCUT2D eigenvalue weighted by Crippen LogP contribution is 2.29. The van der Waals surface area contributed by atoms with Crippen LogP contribution >= 0.6 is 0 Å². The maximum Gasteiger partial charge on any atom is 0.245 e. The van der Waals surface area contributed by atoms with Crippen LogP contribution in [0.2, 0.25) is 0 Å². The van der Waals surface area contributed by atoms with Gasteiger partial charge in [0.15, 0.2) is 0 Å². The van der Waals surface area contributed by atoms with Crippen molar-refractivity contribution in [2.75, 3.05) is 7.05 Å². The number of hydrogen-bond donors (Lipinski definition) is 1. The standard InChI is InChI=1S/C11H18N2O/c1-3-11(14)13(2)10-6-8-4-5-9(7-10)12-8/h3,8-10,12H,1,4-7H2,2H3. The first-order valence-electron chi connectivity index (χ1n) is 5.36. The quantitative estimate of drug-likeness (QED) is 0.663. The number of hydrogen-bond acceptors (Lipinski definition) is 2. The molecular weight excluding hydrogens is 176 g/mol. The van der Waals surface area contributed by atoms with Crippen molar-refractivity contribution in [1.82, 2.24) is 10.2 Å². The lowest BCUT2D eigenvalue weighted by Gasteiger charge is -2.35. The van der Waals surface area contributed by atoms with E-state index in [1.807, 2.05) is 11.9 Å². The molecule has 2 atom stereocenters. The van der Waals surface area contributed by atoms with Crippen LogP contribution in [0.25, 0.3) is 0 Å². The Morgan fingerprint density at radius 1 is 1.43 bits per heavy atom. The number of piperidine rings is 1. The largest absolute Gasteiger partial charge is 0.339 e. The van der Waals surface area contributed by atoms with Gasteiger partial charge in [0.2, 0.25) is 5.91 Å². The van der Waals surface area contributed by atoms with Crippen LogP contribution in [0.3, 0.4) is 0 Å². The molecule has 2 bridgehead atoms. The fraction of sp³-hybridized carbons (Fsp3) is 0.727. The van der Waals surface area contributed by atoms with Gasteiger partial charge in [-0.25, -0.2) is 0 Å². The number of carbonyl (C=O) groups is 1. The maximum atomic E-state index is 11.4. The van der Waals surface area contributed by atoms with Gasteiger partial charge in [-0.15, -0.1) is 0 Å². The number of fused-ring (bicyclic) bond motifs is 2. The molecule has 78 valence electrons. The lowest BCUT2D eigenvalue weighted by molar-refractivity contribution is -0.127. The van der Waals surface area contributed by atoms with E-state index in [2.05, 4.69) is 11.9 Å². The van der Waals surface area contributed by atoms with Crippen LogP contribution in [-0.4, -0.2) is 36.0 Å².